The van der Waals surface area contributed by atoms with Crippen molar-refractivity contribution in [2.75, 3.05) is 13.2 Å². The number of aryl methyl sites for hydroxylation is 1. The SMILES string of the molecule is Cc1ccc([C@](O)(CC(=O)NC[C@@]2(C)CCCO2)C(F)(F)F)o1. The largest absolute Gasteiger partial charge is 0.463 e. The van der Waals surface area contributed by atoms with Crippen LogP contribution in [0.3, 0.4) is 0 Å². The zero-order chi connectivity index (χ0) is 17.3. The third kappa shape index (κ3) is 3.87. The number of hydrogen-bond acceptors (Lipinski definition) is 4. The summed E-state index contributed by atoms with van der Waals surface area (Å²) in [6, 6.07) is 2.33. The van der Waals surface area contributed by atoms with Crippen molar-refractivity contribution in [1.29, 1.82) is 0 Å². The van der Waals surface area contributed by atoms with Crippen LogP contribution < -0.4 is 5.32 Å². The highest BCUT2D eigenvalue weighted by Gasteiger charge is 2.58. The number of hydrogen-bond donors (Lipinski definition) is 2. The van der Waals surface area contributed by atoms with E-state index in [1.807, 2.05) is 0 Å². The molecule has 23 heavy (non-hydrogen) atoms. The summed E-state index contributed by atoms with van der Waals surface area (Å²) in [7, 11) is 0. The summed E-state index contributed by atoms with van der Waals surface area (Å²) in [4.78, 5) is 11.9. The van der Waals surface area contributed by atoms with Gasteiger partial charge in [-0.2, -0.15) is 13.2 Å². The van der Waals surface area contributed by atoms with Crippen LogP contribution in [0.2, 0.25) is 0 Å². The molecule has 1 fully saturated rings. The van der Waals surface area contributed by atoms with Crippen molar-refractivity contribution in [2.24, 2.45) is 0 Å². The molecule has 1 amide bonds. The molecule has 1 aromatic heterocycles. The molecule has 1 saturated heterocycles. The monoisotopic (exact) mass is 335 g/mol. The molecular weight excluding hydrogens is 315 g/mol. The lowest BCUT2D eigenvalue weighted by molar-refractivity contribution is -0.273. The standard InChI is InChI=1S/C15H20F3NO4/c1-10-4-5-11(23-10)14(21,15(16,17)18)8-12(20)19-9-13(2)6-3-7-22-13/h4-5,21H,3,6-9H2,1-2H3,(H,19,20)/t13-,14-/m1/s1. The van der Waals surface area contributed by atoms with Gasteiger partial charge in [0, 0.05) is 13.2 Å². The zero-order valence-corrected chi connectivity index (χ0v) is 13.0. The van der Waals surface area contributed by atoms with Crippen molar-refractivity contribution in [3.63, 3.8) is 0 Å². The number of carbonyl (C=O) groups is 1. The number of aliphatic hydroxyl groups is 1. The number of ether oxygens (including phenoxy) is 1. The molecule has 8 heteroatoms. The second kappa shape index (κ2) is 6.16. The molecule has 1 aromatic rings. The van der Waals surface area contributed by atoms with E-state index < -0.39 is 35.5 Å². The van der Waals surface area contributed by atoms with E-state index in [2.05, 4.69) is 5.32 Å². The number of nitrogens with one attached hydrogen (secondary N) is 1. The Balaban J connectivity index is 2.07. The summed E-state index contributed by atoms with van der Waals surface area (Å²) in [6.07, 6.45) is -4.65. The predicted octanol–water partition coefficient (Wildman–Crippen LogP) is 2.41. The highest BCUT2D eigenvalue weighted by Crippen LogP contribution is 2.42. The second-order valence-corrected chi connectivity index (χ2v) is 6.12. The molecule has 0 saturated carbocycles. The van der Waals surface area contributed by atoms with E-state index in [1.165, 1.54) is 13.0 Å². The van der Waals surface area contributed by atoms with Crippen LogP contribution in [0.4, 0.5) is 13.2 Å². The van der Waals surface area contributed by atoms with E-state index in [0.717, 1.165) is 12.5 Å². The Labute approximate surface area is 131 Å². The Morgan fingerprint density at radius 3 is 2.61 bits per heavy atom. The zero-order valence-electron chi connectivity index (χ0n) is 13.0. The summed E-state index contributed by atoms with van der Waals surface area (Å²) in [5.74, 6) is -1.40. The smallest absolute Gasteiger partial charge is 0.425 e. The molecule has 1 aliphatic heterocycles. The van der Waals surface area contributed by atoms with Gasteiger partial charge in [0.05, 0.1) is 12.0 Å². The average Bonchev–Trinajstić information content (AvgIpc) is 3.05. The lowest BCUT2D eigenvalue weighted by Crippen LogP contribution is -2.48. The minimum absolute atomic E-state index is 0.0942. The fraction of sp³-hybridized carbons (Fsp3) is 0.667. The molecule has 5 nitrogen and oxygen atoms in total. The Bertz CT molecular complexity index is 563. The summed E-state index contributed by atoms with van der Waals surface area (Å²) in [5.41, 5.74) is -3.93. The Morgan fingerprint density at radius 1 is 1.43 bits per heavy atom. The summed E-state index contributed by atoms with van der Waals surface area (Å²) in [6.45, 7) is 3.90. The molecule has 130 valence electrons. The topological polar surface area (TPSA) is 71.7 Å². The number of amides is 1. The number of alkyl halides is 3. The third-order valence-corrected chi connectivity index (χ3v) is 3.99. The lowest BCUT2D eigenvalue weighted by atomic mass is 9.95. The normalized spacial score (nSPS) is 24.4. The Hall–Kier alpha value is -1.54. The van der Waals surface area contributed by atoms with E-state index in [4.69, 9.17) is 9.15 Å². The van der Waals surface area contributed by atoms with Gasteiger partial charge in [-0.1, -0.05) is 0 Å². The second-order valence-electron chi connectivity index (χ2n) is 6.12. The van der Waals surface area contributed by atoms with Gasteiger partial charge in [0.2, 0.25) is 11.5 Å². The van der Waals surface area contributed by atoms with Crippen molar-refractivity contribution < 1.29 is 32.2 Å². The minimum atomic E-state index is -5.04. The molecule has 2 atom stereocenters. The van der Waals surface area contributed by atoms with Crippen molar-refractivity contribution in [3.8, 4) is 0 Å². The van der Waals surface area contributed by atoms with Crippen LogP contribution in [0, 0.1) is 6.92 Å². The molecule has 2 heterocycles. The van der Waals surface area contributed by atoms with Crippen LogP contribution >= 0.6 is 0 Å². The van der Waals surface area contributed by atoms with Gasteiger partial charge < -0.3 is 19.6 Å². The minimum Gasteiger partial charge on any atom is -0.463 e. The van der Waals surface area contributed by atoms with Gasteiger partial charge in [0.1, 0.15) is 11.5 Å². The maximum atomic E-state index is 13.3. The fourth-order valence-corrected chi connectivity index (χ4v) is 2.54. The van der Waals surface area contributed by atoms with Gasteiger partial charge in [-0.15, -0.1) is 0 Å². The fourth-order valence-electron chi connectivity index (χ4n) is 2.54. The van der Waals surface area contributed by atoms with Crippen LogP contribution in [0.5, 0.6) is 0 Å². The van der Waals surface area contributed by atoms with Crippen LogP contribution in [0.25, 0.3) is 0 Å². The molecule has 1 aliphatic rings. The summed E-state index contributed by atoms with van der Waals surface area (Å²) >= 11 is 0. The first kappa shape index (κ1) is 17.8. The van der Waals surface area contributed by atoms with E-state index in [1.54, 1.807) is 6.92 Å². The molecule has 0 bridgehead atoms. The van der Waals surface area contributed by atoms with E-state index >= 15 is 0 Å². The third-order valence-electron chi connectivity index (χ3n) is 3.99. The maximum Gasteiger partial charge on any atom is 0.425 e. The van der Waals surface area contributed by atoms with Crippen LogP contribution in [-0.4, -0.2) is 35.9 Å². The van der Waals surface area contributed by atoms with Gasteiger partial charge in [0.15, 0.2) is 0 Å². The van der Waals surface area contributed by atoms with Crippen molar-refractivity contribution >= 4 is 5.91 Å². The molecule has 0 unspecified atom stereocenters. The quantitative estimate of drug-likeness (QED) is 0.867. The van der Waals surface area contributed by atoms with Crippen molar-refractivity contribution in [2.45, 2.75) is 50.5 Å². The Morgan fingerprint density at radius 2 is 2.13 bits per heavy atom. The van der Waals surface area contributed by atoms with Gasteiger partial charge in [0.25, 0.3) is 0 Å². The summed E-state index contributed by atoms with van der Waals surface area (Å²) in [5, 5.41) is 12.5. The first-order valence-corrected chi connectivity index (χ1v) is 7.32. The van der Waals surface area contributed by atoms with Crippen LogP contribution in [0.1, 0.15) is 37.7 Å². The highest BCUT2D eigenvalue weighted by molar-refractivity contribution is 5.77. The summed E-state index contributed by atoms with van der Waals surface area (Å²) < 4.78 is 50.1. The van der Waals surface area contributed by atoms with Gasteiger partial charge >= 0.3 is 6.18 Å². The number of halogens is 3. The molecular formula is C15H20F3NO4. The first-order chi connectivity index (χ1) is 10.6. The molecule has 2 rings (SSSR count). The van der Waals surface area contributed by atoms with E-state index in [-0.39, 0.29) is 12.3 Å². The number of rotatable bonds is 5. The van der Waals surface area contributed by atoms with Crippen LogP contribution in [-0.2, 0) is 15.1 Å². The van der Waals surface area contributed by atoms with Gasteiger partial charge in [-0.05, 0) is 38.8 Å². The molecule has 0 spiro atoms. The molecule has 0 aliphatic carbocycles. The molecule has 2 N–H and O–H groups in total. The van der Waals surface area contributed by atoms with E-state index in [0.29, 0.717) is 13.0 Å². The lowest BCUT2D eigenvalue weighted by Gasteiger charge is -2.29. The maximum absolute atomic E-state index is 13.3. The average molecular weight is 335 g/mol. The van der Waals surface area contributed by atoms with Gasteiger partial charge in [-0.25, -0.2) is 0 Å². The Kier molecular flexibility index (Phi) is 4.77. The van der Waals surface area contributed by atoms with Crippen molar-refractivity contribution in [3.05, 3.63) is 23.7 Å². The van der Waals surface area contributed by atoms with Crippen molar-refractivity contribution in [1.82, 2.24) is 5.32 Å². The predicted molar refractivity (Wildman–Crippen MR) is 74.6 cm³/mol. The van der Waals surface area contributed by atoms with Gasteiger partial charge in [-0.3, -0.25) is 4.79 Å². The van der Waals surface area contributed by atoms with E-state index in [9.17, 15) is 23.1 Å². The number of carbonyl (C=O) groups excluding carboxylic acids is 1. The van der Waals surface area contributed by atoms with Crippen LogP contribution in [0.15, 0.2) is 16.5 Å². The molecule has 0 aromatic carbocycles. The number of furan rings is 1. The molecule has 0 radical (unpaired) electrons. The first-order valence-electron chi connectivity index (χ1n) is 7.32. The highest BCUT2D eigenvalue weighted by atomic mass is 19.4.